The number of carbonyl (C=O) groups is 2. The molecular weight excluding hydrogens is 299 g/mol. The van der Waals surface area contributed by atoms with Crippen molar-refractivity contribution >= 4 is 17.5 Å². The van der Waals surface area contributed by atoms with Crippen LogP contribution in [0.1, 0.15) is 43.6 Å². The van der Waals surface area contributed by atoms with Crippen molar-refractivity contribution in [3.8, 4) is 0 Å². The molecule has 2 amide bonds. The Kier molecular flexibility index (Phi) is 4.61. The second-order valence-corrected chi connectivity index (χ2v) is 6.23. The zero-order valence-corrected chi connectivity index (χ0v) is 12.9. The number of benzene rings is 1. The highest BCUT2D eigenvalue weighted by molar-refractivity contribution is 6.01. The van der Waals surface area contributed by atoms with Gasteiger partial charge in [-0.15, -0.1) is 0 Å². The molecule has 5 nitrogen and oxygen atoms in total. The molecule has 1 saturated heterocycles. The summed E-state index contributed by atoms with van der Waals surface area (Å²) in [5, 5.41) is 11.6. The molecule has 2 aliphatic heterocycles. The second-order valence-electron chi connectivity index (χ2n) is 6.23. The molecule has 0 saturated carbocycles. The molecule has 1 aromatic rings. The van der Waals surface area contributed by atoms with E-state index in [1.807, 2.05) is 4.90 Å². The van der Waals surface area contributed by atoms with Crippen LogP contribution in [0.5, 0.6) is 0 Å². The first-order valence-electron chi connectivity index (χ1n) is 8.11. The molecule has 2 heterocycles. The molecule has 1 fully saturated rings. The lowest BCUT2D eigenvalue weighted by atomic mass is 9.89. The predicted octanol–water partition coefficient (Wildman–Crippen LogP) is 2.01. The van der Waals surface area contributed by atoms with Crippen LogP contribution >= 0.6 is 0 Å². The molecule has 3 rings (SSSR count). The number of rotatable bonds is 4. The smallest absolute Gasteiger partial charge is 0.230 e. The van der Waals surface area contributed by atoms with Crippen LogP contribution in [0.2, 0.25) is 0 Å². The van der Waals surface area contributed by atoms with Gasteiger partial charge in [-0.25, -0.2) is 4.39 Å². The quantitative estimate of drug-likeness (QED) is 0.892. The fourth-order valence-electron chi connectivity index (χ4n) is 3.61. The topological polar surface area (TPSA) is 69.6 Å². The van der Waals surface area contributed by atoms with Gasteiger partial charge in [-0.3, -0.25) is 9.59 Å². The minimum atomic E-state index is -0.547. The van der Waals surface area contributed by atoms with E-state index in [2.05, 4.69) is 5.32 Å². The molecule has 0 radical (unpaired) electrons. The number of aliphatic hydroxyl groups is 1. The Morgan fingerprint density at radius 3 is 3.04 bits per heavy atom. The Morgan fingerprint density at radius 1 is 1.43 bits per heavy atom. The van der Waals surface area contributed by atoms with E-state index < -0.39 is 11.7 Å². The number of carbonyl (C=O) groups excluding carboxylic acids is 2. The summed E-state index contributed by atoms with van der Waals surface area (Å²) in [6, 6.07) is 4.30. The van der Waals surface area contributed by atoms with Crippen LogP contribution in [0.3, 0.4) is 0 Å². The standard InChI is InChI=1S/C17H21FN2O3/c18-11-5-6-13-14(10-16(22)19-15(13)9-11)17(23)20-7-1-3-12(20)4-2-8-21/h5-6,9,12,14,21H,1-4,7-8,10H2,(H,19,22). The SMILES string of the molecule is O=C1CC(C(=O)N2CCCC2CCCO)c2ccc(F)cc2N1. The summed E-state index contributed by atoms with van der Waals surface area (Å²) in [6.07, 6.45) is 3.41. The van der Waals surface area contributed by atoms with Gasteiger partial charge in [0.25, 0.3) is 0 Å². The van der Waals surface area contributed by atoms with Crippen molar-refractivity contribution < 1.29 is 19.1 Å². The highest BCUT2D eigenvalue weighted by atomic mass is 19.1. The third-order valence-electron chi connectivity index (χ3n) is 4.71. The fraction of sp³-hybridized carbons (Fsp3) is 0.529. The molecule has 2 aliphatic rings. The Labute approximate surface area is 134 Å². The van der Waals surface area contributed by atoms with Gasteiger partial charge in [0.05, 0.1) is 5.92 Å². The van der Waals surface area contributed by atoms with Crippen LogP contribution < -0.4 is 5.32 Å². The van der Waals surface area contributed by atoms with Crippen LogP contribution in [0.4, 0.5) is 10.1 Å². The van der Waals surface area contributed by atoms with Crippen molar-refractivity contribution in [1.29, 1.82) is 0 Å². The van der Waals surface area contributed by atoms with E-state index in [9.17, 15) is 14.0 Å². The van der Waals surface area contributed by atoms with E-state index >= 15 is 0 Å². The van der Waals surface area contributed by atoms with Crippen LogP contribution in [0.25, 0.3) is 0 Å². The van der Waals surface area contributed by atoms with Crippen molar-refractivity contribution in [3.05, 3.63) is 29.6 Å². The van der Waals surface area contributed by atoms with Crippen molar-refractivity contribution in [2.45, 2.75) is 44.1 Å². The number of fused-ring (bicyclic) bond motifs is 1. The summed E-state index contributed by atoms with van der Waals surface area (Å²) in [4.78, 5) is 26.7. The Morgan fingerprint density at radius 2 is 2.26 bits per heavy atom. The maximum Gasteiger partial charge on any atom is 0.230 e. The molecule has 2 unspecified atom stereocenters. The summed E-state index contributed by atoms with van der Waals surface area (Å²) in [6.45, 7) is 0.802. The first kappa shape index (κ1) is 15.9. The van der Waals surface area contributed by atoms with Crippen LogP contribution in [-0.2, 0) is 9.59 Å². The van der Waals surface area contributed by atoms with Gasteiger partial charge in [-0.05, 0) is 43.4 Å². The van der Waals surface area contributed by atoms with Crippen molar-refractivity contribution in [3.63, 3.8) is 0 Å². The minimum Gasteiger partial charge on any atom is -0.396 e. The van der Waals surface area contributed by atoms with Gasteiger partial charge in [0.2, 0.25) is 11.8 Å². The van der Waals surface area contributed by atoms with Gasteiger partial charge in [-0.2, -0.15) is 0 Å². The largest absolute Gasteiger partial charge is 0.396 e. The van der Waals surface area contributed by atoms with Crippen molar-refractivity contribution in [1.82, 2.24) is 4.90 Å². The normalized spacial score (nSPS) is 23.6. The molecule has 124 valence electrons. The lowest BCUT2D eigenvalue weighted by Crippen LogP contribution is -2.41. The van der Waals surface area contributed by atoms with Gasteiger partial charge in [0.1, 0.15) is 5.82 Å². The lowest BCUT2D eigenvalue weighted by molar-refractivity contribution is -0.135. The third-order valence-corrected chi connectivity index (χ3v) is 4.71. The number of aliphatic hydroxyl groups excluding tert-OH is 1. The van der Waals surface area contributed by atoms with Gasteiger partial charge < -0.3 is 15.3 Å². The Hall–Kier alpha value is -1.95. The van der Waals surface area contributed by atoms with Gasteiger partial charge >= 0.3 is 0 Å². The Bertz CT molecular complexity index is 620. The average molecular weight is 320 g/mol. The number of amides is 2. The van der Waals surface area contributed by atoms with Crippen LogP contribution in [0.15, 0.2) is 18.2 Å². The molecular formula is C17H21FN2O3. The Balaban J connectivity index is 1.83. The van der Waals surface area contributed by atoms with Crippen LogP contribution in [0, 0.1) is 5.82 Å². The minimum absolute atomic E-state index is 0.0619. The lowest BCUT2D eigenvalue weighted by Gasteiger charge is -2.31. The number of halogens is 1. The van der Waals surface area contributed by atoms with Crippen molar-refractivity contribution in [2.24, 2.45) is 0 Å². The maximum atomic E-state index is 13.4. The van der Waals surface area contributed by atoms with Gasteiger partial charge in [0.15, 0.2) is 0 Å². The summed E-state index contributed by atoms with van der Waals surface area (Å²) < 4.78 is 13.4. The van der Waals surface area contributed by atoms with E-state index in [1.54, 1.807) is 6.07 Å². The molecule has 1 aromatic carbocycles. The van der Waals surface area contributed by atoms with Crippen LogP contribution in [-0.4, -0.2) is 41.0 Å². The number of nitrogens with zero attached hydrogens (tertiary/aromatic N) is 1. The molecule has 0 aromatic heterocycles. The highest BCUT2D eigenvalue weighted by Crippen LogP contribution is 2.36. The fourth-order valence-corrected chi connectivity index (χ4v) is 3.61. The number of likely N-dealkylation sites (tertiary alicyclic amines) is 1. The first-order chi connectivity index (χ1) is 11.1. The number of hydrogen-bond donors (Lipinski definition) is 2. The predicted molar refractivity (Wildman–Crippen MR) is 83.4 cm³/mol. The molecule has 2 atom stereocenters. The average Bonchev–Trinajstić information content (AvgIpc) is 2.99. The second kappa shape index (κ2) is 6.66. The molecule has 0 spiro atoms. The molecule has 0 aliphatic carbocycles. The molecule has 23 heavy (non-hydrogen) atoms. The van der Waals surface area contributed by atoms with Crippen molar-refractivity contribution in [2.75, 3.05) is 18.5 Å². The third kappa shape index (κ3) is 3.22. The molecule has 0 bridgehead atoms. The van der Waals surface area contributed by atoms with E-state index in [1.165, 1.54) is 12.1 Å². The van der Waals surface area contributed by atoms with E-state index in [0.717, 1.165) is 19.3 Å². The highest BCUT2D eigenvalue weighted by Gasteiger charge is 2.37. The number of anilines is 1. The summed E-state index contributed by atoms with van der Waals surface area (Å²) >= 11 is 0. The molecule has 2 N–H and O–H groups in total. The zero-order chi connectivity index (χ0) is 16.4. The summed E-state index contributed by atoms with van der Waals surface area (Å²) in [5.41, 5.74) is 1.08. The van der Waals surface area contributed by atoms with E-state index in [0.29, 0.717) is 24.2 Å². The summed E-state index contributed by atoms with van der Waals surface area (Å²) in [7, 11) is 0. The monoisotopic (exact) mass is 320 g/mol. The zero-order valence-electron chi connectivity index (χ0n) is 12.9. The van der Waals surface area contributed by atoms with Gasteiger partial charge in [0, 0.05) is 31.3 Å². The van der Waals surface area contributed by atoms with E-state index in [4.69, 9.17) is 5.11 Å². The maximum absolute atomic E-state index is 13.4. The number of nitrogens with one attached hydrogen (secondary N) is 1. The molecule has 6 heteroatoms. The van der Waals surface area contributed by atoms with Gasteiger partial charge in [-0.1, -0.05) is 6.07 Å². The number of hydrogen-bond acceptors (Lipinski definition) is 3. The first-order valence-corrected chi connectivity index (χ1v) is 8.11. The summed E-state index contributed by atoms with van der Waals surface area (Å²) in [5.74, 6) is -1.30. The van der Waals surface area contributed by atoms with E-state index in [-0.39, 0.29) is 30.9 Å².